The fourth-order valence-electron chi connectivity index (χ4n) is 9.00. The van der Waals surface area contributed by atoms with Gasteiger partial charge in [0.05, 0.1) is 17.6 Å². The quantitative estimate of drug-likeness (QED) is 0.139. The highest BCUT2D eigenvalue weighted by Gasteiger charge is 2.47. The molecule has 3 unspecified atom stereocenters. The lowest BCUT2D eigenvalue weighted by molar-refractivity contribution is -0.143. The summed E-state index contributed by atoms with van der Waals surface area (Å²) in [5, 5.41) is 34.2. The molecule has 9 rings (SSSR count). The number of nitriles is 1. The molecule has 0 spiro atoms. The van der Waals surface area contributed by atoms with Crippen LogP contribution in [-0.2, 0) is 17.9 Å². The van der Waals surface area contributed by atoms with Gasteiger partial charge in [-0.3, -0.25) is 19.6 Å². The van der Waals surface area contributed by atoms with Crippen molar-refractivity contribution in [3.8, 4) is 28.7 Å². The highest BCUT2D eigenvalue weighted by molar-refractivity contribution is 5.91. The number of carboxylic acids is 1. The Morgan fingerprint density at radius 3 is 2.56 bits per heavy atom. The maximum absolute atomic E-state index is 11.6. The van der Waals surface area contributed by atoms with Crippen molar-refractivity contribution in [1.29, 1.82) is 5.26 Å². The SMILES string of the molecule is Cc1c(Nc2nccc3cc(CN4CC[C@@H](O)C4)cnc23)cccc1-c1cccc(-c2nc3cc(CN4CC5CC4CC5C(=O)O)cc(C#N)c3o2)c1C. The molecule has 11 nitrogen and oxygen atoms in total. The van der Waals surface area contributed by atoms with E-state index in [9.17, 15) is 20.3 Å². The van der Waals surface area contributed by atoms with E-state index >= 15 is 0 Å². The number of aliphatic carboxylic acids is 1. The Balaban J connectivity index is 0.980. The summed E-state index contributed by atoms with van der Waals surface area (Å²) in [6.45, 7) is 7.91. The van der Waals surface area contributed by atoms with Crippen LogP contribution in [0.2, 0.25) is 0 Å². The largest absolute Gasteiger partial charge is 0.481 e. The number of β-amino-alcohol motifs (C(OH)–C–C–N with tert-alkyl or cyclic N) is 1. The molecule has 2 bridgehead atoms. The number of carbonyl (C=O) groups is 1. The van der Waals surface area contributed by atoms with E-state index in [2.05, 4.69) is 58.2 Å². The van der Waals surface area contributed by atoms with Gasteiger partial charge in [0.2, 0.25) is 5.89 Å². The smallest absolute Gasteiger partial charge is 0.306 e. The molecule has 3 N–H and O–H groups in total. The number of nitrogens with one attached hydrogen (secondary N) is 1. The monoisotopic (exact) mass is 719 g/mol. The van der Waals surface area contributed by atoms with E-state index in [-0.39, 0.29) is 24.0 Å². The van der Waals surface area contributed by atoms with E-state index in [4.69, 9.17) is 14.4 Å². The molecule has 272 valence electrons. The third-order valence-corrected chi connectivity index (χ3v) is 11.8. The summed E-state index contributed by atoms with van der Waals surface area (Å²) >= 11 is 0. The van der Waals surface area contributed by atoms with E-state index in [1.807, 2.05) is 48.7 Å². The van der Waals surface area contributed by atoms with Crippen LogP contribution in [0.25, 0.3) is 44.6 Å². The van der Waals surface area contributed by atoms with Crippen molar-refractivity contribution >= 4 is 39.5 Å². The van der Waals surface area contributed by atoms with Gasteiger partial charge in [0, 0.05) is 67.8 Å². The van der Waals surface area contributed by atoms with Crippen LogP contribution in [-0.4, -0.2) is 72.7 Å². The first-order chi connectivity index (χ1) is 26.2. The number of pyridine rings is 2. The predicted molar refractivity (Wildman–Crippen MR) is 206 cm³/mol. The van der Waals surface area contributed by atoms with Crippen molar-refractivity contribution in [3.05, 3.63) is 101 Å². The maximum Gasteiger partial charge on any atom is 0.306 e. The van der Waals surface area contributed by atoms with Gasteiger partial charge in [0.25, 0.3) is 0 Å². The van der Waals surface area contributed by atoms with E-state index in [0.717, 1.165) is 88.0 Å². The Morgan fingerprint density at radius 1 is 0.981 bits per heavy atom. The molecule has 0 amide bonds. The molecular formula is C43H41N7O4. The number of aromatic nitrogens is 3. The van der Waals surface area contributed by atoms with Crippen LogP contribution >= 0.6 is 0 Å². The predicted octanol–water partition coefficient (Wildman–Crippen LogP) is 7.20. The number of rotatable bonds is 9. The molecule has 3 aliphatic rings. The second-order valence-electron chi connectivity index (χ2n) is 15.2. The Kier molecular flexibility index (Phi) is 8.61. The normalized spacial score (nSPS) is 21.3. The highest BCUT2D eigenvalue weighted by atomic mass is 16.4. The molecule has 3 aromatic heterocycles. The van der Waals surface area contributed by atoms with Crippen molar-refractivity contribution in [2.24, 2.45) is 11.8 Å². The van der Waals surface area contributed by atoms with Gasteiger partial charge in [-0.15, -0.1) is 0 Å². The van der Waals surface area contributed by atoms with Gasteiger partial charge in [-0.2, -0.15) is 5.26 Å². The van der Waals surface area contributed by atoms with E-state index in [0.29, 0.717) is 47.9 Å². The molecule has 0 radical (unpaired) electrons. The lowest BCUT2D eigenvalue weighted by Gasteiger charge is -2.29. The minimum atomic E-state index is -0.689. The van der Waals surface area contributed by atoms with Crippen molar-refractivity contribution in [2.75, 3.05) is 25.0 Å². The number of piperidine rings is 1. The van der Waals surface area contributed by atoms with Crippen LogP contribution in [0.5, 0.6) is 0 Å². The van der Waals surface area contributed by atoms with Gasteiger partial charge in [-0.25, -0.2) is 9.97 Å². The topological polar surface area (TPSA) is 152 Å². The molecule has 5 heterocycles. The molecule has 3 fully saturated rings. The zero-order valence-electron chi connectivity index (χ0n) is 30.3. The zero-order chi connectivity index (χ0) is 37.1. The summed E-state index contributed by atoms with van der Waals surface area (Å²) in [5.74, 6) is 0.384. The molecule has 6 aromatic rings. The number of aliphatic hydroxyl groups excluding tert-OH is 1. The molecule has 2 saturated heterocycles. The molecular weight excluding hydrogens is 679 g/mol. The van der Waals surface area contributed by atoms with Gasteiger partial charge in [-0.1, -0.05) is 24.3 Å². The first-order valence-electron chi connectivity index (χ1n) is 18.6. The fraction of sp³-hybridized carbons (Fsp3) is 0.326. The van der Waals surface area contributed by atoms with E-state index in [1.54, 1.807) is 6.20 Å². The van der Waals surface area contributed by atoms with Gasteiger partial charge < -0.3 is 19.9 Å². The summed E-state index contributed by atoms with van der Waals surface area (Å²) in [6, 6.07) is 22.9. The molecule has 54 heavy (non-hydrogen) atoms. The van der Waals surface area contributed by atoms with Gasteiger partial charge in [0.15, 0.2) is 11.4 Å². The summed E-state index contributed by atoms with van der Waals surface area (Å²) < 4.78 is 6.33. The first kappa shape index (κ1) is 34.1. The molecule has 1 saturated carbocycles. The number of fused-ring (bicyclic) bond motifs is 4. The number of oxazole rings is 1. The number of hydrogen-bond acceptors (Lipinski definition) is 10. The van der Waals surface area contributed by atoms with Crippen LogP contribution in [0.4, 0.5) is 11.5 Å². The van der Waals surface area contributed by atoms with Crippen molar-refractivity contribution in [3.63, 3.8) is 0 Å². The number of hydrogen-bond donors (Lipinski definition) is 3. The average molecular weight is 720 g/mol. The summed E-state index contributed by atoms with van der Waals surface area (Å²) in [5.41, 5.74) is 10.4. The standard InChI is InChI=1S/C43H41N7O4/c1-24-33(34-6-4-8-37(25(34)2)47-41-39-28(9-11-45-41)14-27(19-46-39)20-49-12-10-32(51)23-49)5-3-7-35(24)42-48-38-15-26(13-29(18-44)40(38)54-42)21-50-22-30-16-31(50)17-36(30)43(52)53/h3-9,11,13-15,19,30-32,36,51H,10,12,16-17,20-23H2,1-2H3,(H,45,47)(H,52,53)/t30?,31?,32-,36?/m1/s1. The van der Waals surface area contributed by atoms with E-state index in [1.165, 1.54) is 0 Å². The van der Waals surface area contributed by atoms with Gasteiger partial charge in [-0.05, 0) is 109 Å². The average Bonchev–Trinajstić information content (AvgIpc) is 3.97. The second kappa shape index (κ2) is 13.6. The van der Waals surface area contributed by atoms with Crippen molar-refractivity contribution in [2.45, 2.75) is 58.3 Å². The van der Waals surface area contributed by atoms with Crippen LogP contribution in [0, 0.1) is 37.0 Å². The van der Waals surface area contributed by atoms with Crippen LogP contribution in [0.15, 0.2) is 77.5 Å². The summed E-state index contributed by atoms with van der Waals surface area (Å²) in [4.78, 5) is 30.6. The summed E-state index contributed by atoms with van der Waals surface area (Å²) in [6.07, 6.45) is 5.85. The third-order valence-electron chi connectivity index (χ3n) is 11.8. The minimum absolute atomic E-state index is 0.184. The maximum atomic E-state index is 11.6. The van der Waals surface area contributed by atoms with Crippen molar-refractivity contribution in [1.82, 2.24) is 24.8 Å². The second-order valence-corrected chi connectivity index (χ2v) is 15.2. The fourth-order valence-corrected chi connectivity index (χ4v) is 9.00. The Morgan fingerprint density at radius 2 is 1.80 bits per heavy atom. The minimum Gasteiger partial charge on any atom is -0.481 e. The number of benzene rings is 3. The molecule has 2 aliphatic heterocycles. The highest BCUT2D eigenvalue weighted by Crippen LogP contribution is 2.43. The molecule has 1 aliphatic carbocycles. The number of anilines is 2. The zero-order valence-corrected chi connectivity index (χ0v) is 30.3. The Labute approximate surface area is 312 Å². The van der Waals surface area contributed by atoms with Gasteiger partial charge >= 0.3 is 5.97 Å². The van der Waals surface area contributed by atoms with E-state index < -0.39 is 5.97 Å². The Hall–Kier alpha value is -5.67. The number of nitrogens with zero attached hydrogens (tertiary/aromatic N) is 6. The van der Waals surface area contributed by atoms with Crippen LogP contribution < -0.4 is 5.32 Å². The number of aliphatic hydroxyl groups is 1. The van der Waals surface area contributed by atoms with Crippen LogP contribution in [0.3, 0.4) is 0 Å². The van der Waals surface area contributed by atoms with Crippen LogP contribution in [0.1, 0.15) is 47.1 Å². The number of carboxylic acid groups (broad SMARTS) is 1. The lowest BCUT2D eigenvalue weighted by atomic mass is 9.93. The van der Waals surface area contributed by atoms with Crippen molar-refractivity contribution < 1.29 is 19.4 Å². The van der Waals surface area contributed by atoms with Gasteiger partial charge in [0.1, 0.15) is 17.1 Å². The lowest BCUT2D eigenvalue weighted by Crippen LogP contribution is -2.37. The Bertz CT molecular complexity index is 2490. The number of likely N-dealkylation sites (tertiary alicyclic amines) is 2. The first-order valence-corrected chi connectivity index (χ1v) is 18.6. The molecule has 4 atom stereocenters. The molecule has 3 aromatic carbocycles. The summed E-state index contributed by atoms with van der Waals surface area (Å²) in [7, 11) is 0. The third kappa shape index (κ3) is 6.16. The molecule has 11 heteroatoms.